The molecule has 6 heteroatoms. The molecule has 0 radical (unpaired) electrons. The zero-order valence-electron chi connectivity index (χ0n) is 16.8. The van der Waals surface area contributed by atoms with Crippen molar-refractivity contribution in [1.29, 1.82) is 0 Å². The highest BCUT2D eigenvalue weighted by Crippen LogP contribution is 2.25. The van der Waals surface area contributed by atoms with Crippen molar-refractivity contribution in [3.8, 4) is 17.4 Å². The maximum absolute atomic E-state index is 11.1. The summed E-state index contributed by atoms with van der Waals surface area (Å²) in [6, 6.07) is 12.9. The summed E-state index contributed by atoms with van der Waals surface area (Å²) in [5, 5.41) is 4.27. The van der Waals surface area contributed by atoms with Crippen LogP contribution in [0.3, 0.4) is 0 Å². The van der Waals surface area contributed by atoms with Crippen molar-refractivity contribution in [2.24, 2.45) is 0 Å². The Hall–Kier alpha value is -3.67. The minimum absolute atomic E-state index is 0.0384. The fraction of sp³-hybridized carbons (Fsp3) is 0.208. The lowest BCUT2D eigenvalue weighted by molar-refractivity contribution is 0.112. The van der Waals surface area contributed by atoms with Crippen molar-refractivity contribution in [2.45, 2.75) is 32.5 Å². The van der Waals surface area contributed by atoms with Crippen LogP contribution in [0, 0.1) is 0 Å². The summed E-state index contributed by atoms with van der Waals surface area (Å²) in [7, 11) is 0. The molecule has 0 spiro atoms. The number of carbonyl (C=O) groups is 1. The number of benzene rings is 1. The average Bonchev–Trinajstić information content (AvgIpc) is 3.28. The molecule has 2 heterocycles. The van der Waals surface area contributed by atoms with E-state index in [4.69, 9.17) is 9.47 Å². The minimum atomic E-state index is -0.0384. The molecule has 2 aromatic heterocycles. The zero-order valence-corrected chi connectivity index (χ0v) is 16.8. The van der Waals surface area contributed by atoms with Gasteiger partial charge in [-0.1, -0.05) is 36.4 Å². The SMILES string of the molecule is CC(Oc1ccccc1COc1ccnn1-c1cc(C=O)ccn1)C1=CCCC=C1. The molecule has 3 aromatic rings. The quantitative estimate of drug-likeness (QED) is 0.512. The van der Waals surface area contributed by atoms with Crippen LogP contribution in [-0.4, -0.2) is 27.2 Å². The monoisotopic (exact) mass is 401 g/mol. The number of allylic oxidation sites excluding steroid dienone is 2. The lowest BCUT2D eigenvalue weighted by Crippen LogP contribution is -2.16. The molecule has 0 N–H and O–H groups in total. The first-order valence-electron chi connectivity index (χ1n) is 9.94. The van der Waals surface area contributed by atoms with Crippen LogP contribution in [0.15, 0.2) is 78.7 Å². The van der Waals surface area contributed by atoms with Gasteiger partial charge in [-0.25, -0.2) is 4.98 Å². The largest absolute Gasteiger partial charge is 0.486 e. The first-order chi connectivity index (χ1) is 14.7. The molecule has 152 valence electrons. The number of nitrogens with zero attached hydrogens (tertiary/aromatic N) is 3. The second kappa shape index (κ2) is 9.22. The van der Waals surface area contributed by atoms with Gasteiger partial charge in [-0.05, 0) is 43.5 Å². The number of aromatic nitrogens is 3. The van der Waals surface area contributed by atoms with Crippen LogP contribution in [0.2, 0.25) is 0 Å². The fourth-order valence-corrected chi connectivity index (χ4v) is 3.28. The molecule has 6 nitrogen and oxygen atoms in total. The van der Waals surface area contributed by atoms with Gasteiger partial charge >= 0.3 is 0 Å². The standard InChI is InChI=1S/C24H23N3O3/c1-18(20-7-3-2-4-8-20)30-22-10-6-5-9-21(22)17-29-24-12-14-26-27(24)23-15-19(16-28)11-13-25-23/h3,5-16,18H,2,4,17H2,1H3. The molecule has 0 aliphatic heterocycles. The van der Waals surface area contributed by atoms with Gasteiger partial charge < -0.3 is 9.47 Å². The maximum atomic E-state index is 11.1. The summed E-state index contributed by atoms with van der Waals surface area (Å²) in [4.78, 5) is 15.3. The van der Waals surface area contributed by atoms with Crippen molar-refractivity contribution in [3.05, 3.63) is 89.8 Å². The molecule has 1 aliphatic carbocycles. The van der Waals surface area contributed by atoms with Crippen LogP contribution in [-0.2, 0) is 6.61 Å². The van der Waals surface area contributed by atoms with E-state index in [-0.39, 0.29) is 6.10 Å². The van der Waals surface area contributed by atoms with Gasteiger partial charge in [0.05, 0.1) is 6.20 Å². The molecule has 4 rings (SSSR count). The smallest absolute Gasteiger partial charge is 0.218 e. The third-order valence-corrected chi connectivity index (χ3v) is 4.88. The Balaban J connectivity index is 1.49. The Kier molecular flexibility index (Phi) is 6.03. The second-order valence-electron chi connectivity index (χ2n) is 6.99. The van der Waals surface area contributed by atoms with E-state index >= 15 is 0 Å². The lowest BCUT2D eigenvalue weighted by atomic mass is 10.0. The van der Waals surface area contributed by atoms with E-state index in [1.54, 1.807) is 35.3 Å². The Morgan fingerprint density at radius 3 is 2.90 bits per heavy atom. The van der Waals surface area contributed by atoms with E-state index in [0.29, 0.717) is 23.9 Å². The number of pyridine rings is 1. The number of rotatable bonds is 8. The summed E-state index contributed by atoms with van der Waals surface area (Å²) in [6.45, 7) is 2.37. The summed E-state index contributed by atoms with van der Waals surface area (Å²) in [6.07, 6.45) is 12.6. The van der Waals surface area contributed by atoms with E-state index in [1.165, 1.54) is 5.57 Å². The molecule has 0 fully saturated rings. The van der Waals surface area contributed by atoms with Gasteiger partial charge in [0, 0.05) is 23.4 Å². The van der Waals surface area contributed by atoms with Gasteiger partial charge in [0.1, 0.15) is 24.7 Å². The van der Waals surface area contributed by atoms with E-state index in [1.807, 2.05) is 24.3 Å². The molecule has 1 aliphatic rings. The number of hydrogen-bond acceptors (Lipinski definition) is 5. The van der Waals surface area contributed by atoms with E-state index in [2.05, 4.69) is 35.2 Å². The molecule has 30 heavy (non-hydrogen) atoms. The predicted octanol–water partition coefficient (Wildman–Crippen LogP) is 4.70. The molecule has 1 unspecified atom stereocenters. The Labute approximate surface area is 175 Å². The third kappa shape index (κ3) is 4.49. The summed E-state index contributed by atoms with van der Waals surface area (Å²) in [5.41, 5.74) is 2.66. The van der Waals surface area contributed by atoms with Crippen molar-refractivity contribution < 1.29 is 14.3 Å². The van der Waals surface area contributed by atoms with Crippen LogP contribution >= 0.6 is 0 Å². The first-order valence-corrected chi connectivity index (χ1v) is 9.94. The molecule has 1 aromatic carbocycles. The highest BCUT2D eigenvalue weighted by molar-refractivity contribution is 5.75. The summed E-state index contributed by atoms with van der Waals surface area (Å²) in [5.74, 6) is 1.84. The highest BCUT2D eigenvalue weighted by atomic mass is 16.5. The molecule has 0 bridgehead atoms. The van der Waals surface area contributed by atoms with Crippen molar-refractivity contribution in [1.82, 2.24) is 14.8 Å². The topological polar surface area (TPSA) is 66.2 Å². The molecular formula is C24H23N3O3. The van der Waals surface area contributed by atoms with E-state index in [9.17, 15) is 4.79 Å². The van der Waals surface area contributed by atoms with Crippen LogP contribution < -0.4 is 9.47 Å². The van der Waals surface area contributed by atoms with Gasteiger partial charge in [-0.3, -0.25) is 4.79 Å². The molecule has 0 saturated carbocycles. The Bertz CT molecular complexity index is 1080. The number of para-hydroxylation sites is 1. The first kappa shape index (κ1) is 19.6. The second-order valence-corrected chi connectivity index (χ2v) is 6.99. The van der Waals surface area contributed by atoms with Crippen molar-refractivity contribution in [3.63, 3.8) is 0 Å². The van der Waals surface area contributed by atoms with Crippen molar-refractivity contribution >= 4 is 6.29 Å². The Morgan fingerprint density at radius 2 is 2.07 bits per heavy atom. The minimum Gasteiger partial charge on any atom is -0.486 e. The van der Waals surface area contributed by atoms with E-state index in [0.717, 1.165) is 30.4 Å². The molecule has 1 atom stereocenters. The van der Waals surface area contributed by atoms with Gasteiger partial charge in [-0.15, -0.1) is 0 Å². The normalized spacial score (nSPS) is 14.1. The van der Waals surface area contributed by atoms with Crippen LogP contribution in [0.25, 0.3) is 5.82 Å². The molecule has 0 amide bonds. The molecule has 0 saturated heterocycles. The third-order valence-electron chi connectivity index (χ3n) is 4.88. The summed E-state index contributed by atoms with van der Waals surface area (Å²) < 4.78 is 13.8. The fourth-order valence-electron chi connectivity index (χ4n) is 3.28. The van der Waals surface area contributed by atoms with Gasteiger partial charge in [0.2, 0.25) is 5.88 Å². The molecular weight excluding hydrogens is 378 g/mol. The van der Waals surface area contributed by atoms with E-state index < -0.39 is 0 Å². The number of carbonyl (C=O) groups excluding carboxylic acids is 1. The predicted molar refractivity (Wildman–Crippen MR) is 114 cm³/mol. The number of ether oxygens (including phenoxy) is 2. The van der Waals surface area contributed by atoms with Crippen molar-refractivity contribution in [2.75, 3.05) is 0 Å². The van der Waals surface area contributed by atoms with Gasteiger partial charge in [0.25, 0.3) is 0 Å². The lowest BCUT2D eigenvalue weighted by Gasteiger charge is -2.20. The van der Waals surface area contributed by atoms with Gasteiger partial charge in [0.15, 0.2) is 5.82 Å². The van der Waals surface area contributed by atoms with Crippen LogP contribution in [0.4, 0.5) is 0 Å². The summed E-state index contributed by atoms with van der Waals surface area (Å²) >= 11 is 0. The van der Waals surface area contributed by atoms with Crippen LogP contribution in [0.5, 0.6) is 11.6 Å². The Morgan fingerprint density at radius 1 is 1.17 bits per heavy atom. The highest BCUT2D eigenvalue weighted by Gasteiger charge is 2.14. The van der Waals surface area contributed by atoms with Gasteiger partial charge in [-0.2, -0.15) is 9.78 Å². The maximum Gasteiger partial charge on any atom is 0.218 e. The average molecular weight is 401 g/mol. The number of hydrogen-bond donors (Lipinski definition) is 0. The zero-order chi connectivity index (χ0) is 20.8. The van der Waals surface area contributed by atoms with Crippen LogP contribution in [0.1, 0.15) is 35.7 Å². The number of aldehydes is 1.